The molecule has 26 heavy (non-hydrogen) atoms. The Labute approximate surface area is 150 Å². The summed E-state index contributed by atoms with van der Waals surface area (Å²) in [7, 11) is 0. The first-order chi connectivity index (χ1) is 12.8. The highest BCUT2D eigenvalue weighted by atomic mass is 16.5. The average Bonchev–Trinajstić information content (AvgIpc) is 3.10. The molecule has 1 N–H and O–H groups in total. The van der Waals surface area contributed by atoms with Crippen molar-refractivity contribution in [2.24, 2.45) is 0 Å². The third kappa shape index (κ3) is 3.49. The summed E-state index contributed by atoms with van der Waals surface area (Å²) in [6.07, 6.45) is 1.67. The van der Waals surface area contributed by atoms with Gasteiger partial charge in [-0.05, 0) is 18.2 Å². The van der Waals surface area contributed by atoms with Crippen LogP contribution in [-0.4, -0.2) is 37.5 Å². The summed E-state index contributed by atoms with van der Waals surface area (Å²) in [5.74, 6) is 0.531. The molecule has 0 fully saturated rings. The van der Waals surface area contributed by atoms with Gasteiger partial charge in [0.15, 0.2) is 0 Å². The van der Waals surface area contributed by atoms with E-state index in [-0.39, 0.29) is 12.6 Å². The highest BCUT2D eigenvalue weighted by Gasteiger charge is 2.25. The van der Waals surface area contributed by atoms with E-state index < -0.39 is 0 Å². The monoisotopic (exact) mass is 350 g/mol. The molecule has 0 unspecified atom stereocenters. The van der Waals surface area contributed by atoms with Crippen LogP contribution >= 0.6 is 0 Å². The minimum atomic E-state index is -0.139. The summed E-state index contributed by atoms with van der Waals surface area (Å²) in [4.78, 5) is 18.4. The van der Waals surface area contributed by atoms with Gasteiger partial charge in [-0.15, -0.1) is 5.10 Å². The smallest absolute Gasteiger partial charge is 0.322 e. The largest absolute Gasteiger partial charge is 0.471 e. The number of amides is 2. The van der Waals surface area contributed by atoms with E-state index >= 15 is 0 Å². The van der Waals surface area contributed by atoms with E-state index in [1.165, 1.54) is 0 Å². The molecule has 1 aliphatic rings. The Morgan fingerprint density at radius 1 is 1.12 bits per heavy atom. The first kappa shape index (κ1) is 16.1. The Kier molecular flexibility index (Phi) is 4.46. The third-order valence-electron chi connectivity index (χ3n) is 4.15. The Bertz CT molecular complexity index is 881. The molecule has 3 heterocycles. The van der Waals surface area contributed by atoms with Gasteiger partial charge in [-0.1, -0.05) is 29.5 Å². The van der Waals surface area contributed by atoms with Gasteiger partial charge in [0.1, 0.15) is 12.3 Å². The fourth-order valence-corrected chi connectivity index (χ4v) is 2.78. The van der Waals surface area contributed by atoms with E-state index in [4.69, 9.17) is 4.74 Å². The predicted octanol–water partition coefficient (Wildman–Crippen LogP) is 2.30. The molecule has 2 aromatic heterocycles. The molecule has 0 atom stereocenters. The summed E-state index contributed by atoms with van der Waals surface area (Å²) in [6.45, 7) is 1.89. The van der Waals surface area contributed by atoms with Crippen molar-refractivity contribution in [2.45, 2.75) is 19.7 Å². The first-order valence-electron chi connectivity index (χ1n) is 8.35. The highest BCUT2D eigenvalue weighted by Crippen LogP contribution is 2.18. The zero-order valence-corrected chi connectivity index (χ0v) is 14.1. The maximum Gasteiger partial charge on any atom is 0.322 e. The summed E-state index contributed by atoms with van der Waals surface area (Å²) in [6, 6.07) is 14.7. The zero-order valence-electron chi connectivity index (χ0n) is 14.1. The van der Waals surface area contributed by atoms with Crippen LogP contribution in [0.5, 0.6) is 5.88 Å². The van der Waals surface area contributed by atoms with Crippen LogP contribution in [0.1, 0.15) is 11.4 Å². The Hall–Kier alpha value is -3.42. The molecule has 0 aliphatic carbocycles. The zero-order chi connectivity index (χ0) is 17.8. The van der Waals surface area contributed by atoms with Gasteiger partial charge in [-0.25, -0.2) is 14.5 Å². The van der Waals surface area contributed by atoms with Gasteiger partial charge in [0, 0.05) is 24.5 Å². The second kappa shape index (κ2) is 7.22. The molecule has 3 aromatic rings. The second-order valence-corrected chi connectivity index (χ2v) is 5.88. The minimum absolute atomic E-state index is 0.139. The number of urea groups is 1. The van der Waals surface area contributed by atoms with Crippen molar-refractivity contribution in [3.63, 3.8) is 0 Å². The van der Waals surface area contributed by atoms with Gasteiger partial charge in [-0.3, -0.25) is 0 Å². The van der Waals surface area contributed by atoms with Crippen LogP contribution in [0.15, 0.2) is 54.7 Å². The second-order valence-electron chi connectivity index (χ2n) is 5.88. The maximum atomic E-state index is 12.5. The van der Waals surface area contributed by atoms with Crippen LogP contribution in [0, 0.1) is 0 Å². The fraction of sp³-hybridized carbons (Fsp3) is 0.222. The van der Waals surface area contributed by atoms with E-state index in [1.807, 2.05) is 47.1 Å². The lowest BCUT2D eigenvalue weighted by Crippen LogP contribution is -2.41. The van der Waals surface area contributed by atoms with Gasteiger partial charge >= 0.3 is 6.03 Å². The quantitative estimate of drug-likeness (QED) is 0.780. The van der Waals surface area contributed by atoms with Crippen LogP contribution in [-0.2, 0) is 19.7 Å². The van der Waals surface area contributed by atoms with Crippen LogP contribution in [0.4, 0.5) is 10.5 Å². The number of pyridine rings is 1. The molecule has 1 aromatic carbocycles. The summed E-state index contributed by atoms with van der Waals surface area (Å²) in [5, 5.41) is 11.3. The van der Waals surface area contributed by atoms with Crippen LogP contribution in [0.2, 0.25) is 0 Å². The topological polar surface area (TPSA) is 85.2 Å². The van der Waals surface area contributed by atoms with Crippen molar-refractivity contribution in [3.05, 3.63) is 66.1 Å². The van der Waals surface area contributed by atoms with E-state index in [0.717, 1.165) is 11.4 Å². The van der Waals surface area contributed by atoms with Crippen molar-refractivity contribution < 1.29 is 9.53 Å². The lowest BCUT2D eigenvalue weighted by atomic mass is 10.2. The van der Waals surface area contributed by atoms with Crippen molar-refractivity contribution >= 4 is 11.7 Å². The molecule has 0 radical (unpaired) electrons. The van der Waals surface area contributed by atoms with Gasteiger partial charge in [-0.2, -0.15) is 0 Å². The molecule has 0 saturated carbocycles. The first-order valence-corrected chi connectivity index (χ1v) is 8.35. The molecular weight excluding hydrogens is 332 g/mol. The summed E-state index contributed by atoms with van der Waals surface area (Å²) < 4.78 is 7.48. The number of rotatable bonds is 4. The number of hydrogen-bond acceptors (Lipinski definition) is 5. The van der Waals surface area contributed by atoms with Crippen LogP contribution < -0.4 is 10.1 Å². The number of nitrogens with one attached hydrogen (secondary N) is 1. The molecule has 132 valence electrons. The molecule has 8 heteroatoms. The standard InChI is InChI=1S/C18H18N6O2/c25-18(20-14-6-2-1-3-7-14)23-10-11-24-16(12-23)15(21-22-24)13-26-17-8-4-5-9-19-17/h1-9H,10-13H2,(H,20,25). The van der Waals surface area contributed by atoms with Gasteiger partial charge in [0.05, 0.1) is 18.8 Å². The van der Waals surface area contributed by atoms with Gasteiger partial charge in [0.25, 0.3) is 0 Å². The van der Waals surface area contributed by atoms with Crippen molar-refractivity contribution in [1.29, 1.82) is 0 Å². The van der Waals surface area contributed by atoms with Gasteiger partial charge < -0.3 is 15.0 Å². The number of benzene rings is 1. The molecule has 8 nitrogen and oxygen atoms in total. The molecule has 4 rings (SSSR count). The SMILES string of the molecule is O=C(Nc1ccccc1)N1CCn2nnc(COc3ccccn3)c2C1. The average molecular weight is 350 g/mol. The Morgan fingerprint density at radius 3 is 2.77 bits per heavy atom. The number of nitrogens with zero attached hydrogens (tertiary/aromatic N) is 5. The summed E-state index contributed by atoms with van der Waals surface area (Å²) >= 11 is 0. The predicted molar refractivity (Wildman–Crippen MR) is 94.5 cm³/mol. The lowest BCUT2D eigenvalue weighted by molar-refractivity contribution is 0.193. The Balaban J connectivity index is 1.42. The van der Waals surface area contributed by atoms with Crippen LogP contribution in [0.25, 0.3) is 0 Å². The van der Waals surface area contributed by atoms with Gasteiger partial charge in [0.2, 0.25) is 5.88 Å². The third-order valence-corrected chi connectivity index (χ3v) is 4.15. The maximum absolute atomic E-state index is 12.5. The minimum Gasteiger partial charge on any atom is -0.471 e. The normalized spacial score (nSPS) is 13.2. The van der Waals surface area contributed by atoms with Crippen molar-refractivity contribution in [3.8, 4) is 5.88 Å². The molecule has 0 spiro atoms. The molecule has 1 aliphatic heterocycles. The number of carbonyl (C=O) groups is 1. The van der Waals surface area contributed by atoms with E-state index in [2.05, 4.69) is 20.6 Å². The number of fused-ring (bicyclic) bond motifs is 1. The Morgan fingerprint density at radius 2 is 1.96 bits per heavy atom. The number of aromatic nitrogens is 4. The molecule has 0 bridgehead atoms. The van der Waals surface area contributed by atoms with E-state index in [0.29, 0.717) is 31.2 Å². The van der Waals surface area contributed by atoms with Crippen molar-refractivity contribution in [2.75, 3.05) is 11.9 Å². The van der Waals surface area contributed by atoms with Crippen molar-refractivity contribution in [1.82, 2.24) is 24.9 Å². The number of anilines is 1. The number of ether oxygens (including phenoxy) is 1. The summed E-state index contributed by atoms with van der Waals surface area (Å²) in [5.41, 5.74) is 2.37. The highest BCUT2D eigenvalue weighted by molar-refractivity contribution is 5.89. The number of para-hydroxylation sites is 1. The fourth-order valence-electron chi connectivity index (χ4n) is 2.78. The van der Waals surface area contributed by atoms with E-state index in [1.54, 1.807) is 17.2 Å². The molecular formula is C18H18N6O2. The molecule has 0 saturated heterocycles. The number of carbonyl (C=O) groups excluding carboxylic acids is 1. The van der Waals surface area contributed by atoms with Crippen LogP contribution in [0.3, 0.4) is 0 Å². The number of hydrogen-bond donors (Lipinski definition) is 1. The molecule has 2 amide bonds. The lowest BCUT2D eigenvalue weighted by Gasteiger charge is -2.27. The van der Waals surface area contributed by atoms with E-state index in [9.17, 15) is 4.79 Å².